The fourth-order valence-corrected chi connectivity index (χ4v) is 7.20. The van der Waals surface area contributed by atoms with Crippen LogP contribution < -0.4 is 5.46 Å². The van der Waals surface area contributed by atoms with Crippen molar-refractivity contribution in [1.29, 1.82) is 0 Å². The van der Waals surface area contributed by atoms with Crippen LogP contribution >= 0.6 is 47.8 Å². The van der Waals surface area contributed by atoms with Crippen molar-refractivity contribution in [3.05, 3.63) is 155 Å². The summed E-state index contributed by atoms with van der Waals surface area (Å²) >= 11 is 10.7. The second-order valence-electron chi connectivity index (χ2n) is 10.7. The van der Waals surface area contributed by atoms with Gasteiger partial charge < -0.3 is 18.9 Å². The van der Waals surface area contributed by atoms with E-state index >= 15 is 0 Å². The summed E-state index contributed by atoms with van der Waals surface area (Å²) in [6.45, 7) is 0. The van der Waals surface area contributed by atoms with Gasteiger partial charge in [-0.3, -0.25) is 20.2 Å². The van der Waals surface area contributed by atoms with Gasteiger partial charge >= 0.3 is 7.12 Å². The van der Waals surface area contributed by atoms with E-state index in [-0.39, 0.29) is 21.8 Å². The summed E-state index contributed by atoms with van der Waals surface area (Å²) in [5.41, 5.74) is 4.36. The number of furan rings is 2. The van der Waals surface area contributed by atoms with Gasteiger partial charge in [-0.25, -0.2) is 0 Å². The van der Waals surface area contributed by atoms with Crippen LogP contribution in [0.25, 0.3) is 55.0 Å². The Bertz CT molecular complexity index is 2500. The maximum Gasteiger partial charge on any atom is 0.495 e. The summed E-state index contributed by atoms with van der Waals surface area (Å²) in [5, 5.41) is 43.1. The van der Waals surface area contributed by atoms with E-state index in [2.05, 4.69) is 47.8 Å². The highest BCUT2D eigenvalue weighted by Gasteiger charge is 2.22. The second kappa shape index (κ2) is 14.9. The van der Waals surface area contributed by atoms with Crippen molar-refractivity contribution in [2.75, 3.05) is 0 Å². The monoisotopic (exact) mass is 858 g/mol. The first-order valence-electron chi connectivity index (χ1n) is 14.7. The normalized spacial score (nSPS) is 10.8. The van der Waals surface area contributed by atoms with Gasteiger partial charge in [-0.2, -0.15) is 0 Å². The molecule has 0 unspecified atom stereocenters. The van der Waals surface area contributed by atoms with Crippen LogP contribution in [0.2, 0.25) is 0 Å². The van der Waals surface area contributed by atoms with Crippen LogP contribution in [0.5, 0.6) is 0 Å². The fourth-order valence-electron chi connectivity index (χ4n) is 5.56. The Hall–Kier alpha value is -4.86. The average Bonchev–Trinajstić information content (AvgIpc) is 3.70. The summed E-state index contributed by atoms with van der Waals surface area (Å²) in [6, 6.07) is 35.5. The molecule has 0 saturated carbocycles. The molecule has 0 aliphatic carbocycles. The predicted molar refractivity (Wildman–Crippen MR) is 206 cm³/mol. The molecule has 8 rings (SSSR count). The molecule has 248 valence electrons. The second-order valence-corrected chi connectivity index (χ2v) is 13.2. The average molecular weight is 861 g/mol. The molecule has 2 N–H and O–H groups in total. The Morgan fingerprint density at radius 3 is 1.32 bits per heavy atom. The number of benzene rings is 6. The molecule has 0 bridgehead atoms. The lowest BCUT2D eigenvalue weighted by molar-refractivity contribution is -0.384. The Morgan fingerprint density at radius 2 is 0.860 bits per heavy atom. The number of rotatable bonds is 4. The highest BCUT2D eigenvalue weighted by Crippen LogP contribution is 2.42. The van der Waals surface area contributed by atoms with E-state index in [0.717, 1.165) is 57.3 Å². The van der Waals surface area contributed by atoms with Gasteiger partial charge in [0.05, 0.1) is 20.9 Å². The lowest BCUT2D eigenvalue weighted by Gasteiger charge is -2.05. The summed E-state index contributed by atoms with van der Waals surface area (Å²) < 4.78 is 14.7. The van der Waals surface area contributed by atoms with Crippen LogP contribution in [0.3, 0.4) is 0 Å². The zero-order valence-electron chi connectivity index (χ0n) is 25.5. The van der Waals surface area contributed by atoms with Gasteiger partial charge in [0.2, 0.25) is 0 Å². The Morgan fingerprint density at radius 1 is 0.480 bits per heavy atom. The number of halogens is 3. The van der Waals surface area contributed by atoms with Crippen LogP contribution in [0, 0.1) is 20.2 Å². The number of hydrogen-bond acceptors (Lipinski definition) is 8. The first-order valence-corrected chi connectivity index (χ1v) is 17.1. The molecule has 10 nitrogen and oxygen atoms in total. The van der Waals surface area contributed by atoms with E-state index in [1.54, 1.807) is 18.2 Å². The third-order valence-corrected chi connectivity index (χ3v) is 9.68. The number of hydrogen-bond donors (Lipinski definition) is 2. The van der Waals surface area contributed by atoms with Gasteiger partial charge in [-0.15, -0.1) is 0 Å². The Kier molecular flexibility index (Phi) is 10.5. The van der Waals surface area contributed by atoms with Gasteiger partial charge in [0.25, 0.3) is 11.4 Å². The predicted octanol–water partition coefficient (Wildman–Crippen LogP) is 10.3. The number of fused-ring (bicyclic) bond motifs is 6. The molecule has 0 amide bonds. The van der Waals surface area contributed by atoms with Crippen LogP contribution in [-0.2, 0) is 0 Å². The summed E-state index contributed by atoms with van der Waals surface area (Å²) in [7, 11) is -1.80. The molecular weight excluding hydrogens is 839 g/mol. The van der Waals surface area contributed by atoms with Crippen molar-refractivity contribution in [2.24, 2.45) is 0 Å². The lowest BCUT2D eigenvalue weighted by Crippen LogP contribution is -2.31. The summed E-state index contributed by atoms with van der Waals surface area (Å²) in [5.74, 6) is 0. The number of nitro groups is 2. The van der Waals surface area contributed by atoms with Crippen molar-refractivity contribution in [3.63, 3.8) is 0 Å². The van der Waals surface area contributed by atoms with Crippen molar-refractivity contribution >= 4 is 116 Å². The molecule has 0 radical (unpaired) electrons. The first-order chi connectivity index (χ1) is 24.1. The molecule has 0 saturated heterocycles. The molecule has 0 aliphatic rings. The molecule has 8 aromatic rings. The summed E-state index contributed by atoms with van der Waals surface area (Å²) in [4.78, 5) is 20.7. The molecule has 6 aromatic carbocycles. The van der Waals surface area contributed by atoms with Crippen molar-refractivity contribution in [3.8, 4) is 11.1 Å². The smallest absolute Gasteiger partial charge is 0.456 e. The molecule has 0 spiro atoms. The molecule has 0 fully saturated rings. The van der Waals surface area contributed by atoms with Crippen molar-refractivity contribution in [1.82, 2.24) is 0 Å². The van der Waals surface area contributed by atoms with E-state index in [9.17, 15) is 20.2 Å². The zero-order valence-corrected chi connectivity index (χ0v) is 30.3. The molecular formula is C36H22BBr3N2O8. The Labute approximate surface area is 308 Å². The highest BCUT2D eigenvalue weighted by atomic mass is 79.9. The van der Waals surface area contributed by atoms with Crippen LogP contribution in [0.4, 0.5) is 11.4 Å². The van der Waals surface area contributed by atoms with E-state index in [0.29, 0.717) is 11.1 Å². The van der Waals surface area contributed by atoms with Crippen molar-refractivity contribution in [2.45, 2.75) is 0 Å². The Balaban J connectivity index is 0.000000139. The number of para-hydroxylation sites is 2. The quantitative estimate of drug-likeness (QED) is 0.101. The highest BCUT2D eigenvalue weighted by molar-refractivity contribution is 9.11. The van der Waals surface area contributed by atoms with Crippen molar-refractivity contribution < 1.29 is 28.7 Å². The first kappa shape index (κ1) is 35.0. The minimum atomic E-state index is -1.80. The molecule has 14 heteroatoms. The maximum absolute atomic E-state index is 11.4. The van der Waals surface area contributed by atoms with Crippen LogP contribution in [-0.4, -0.2) is 27.0 Å². The molecule has 50 heavy (non-hydrogen) atoms. The van der Waals surface area contributed by atoms with E-state index < -0.39 is 12.0 Å². The zero-order chi connectivity index (χ0) is 35.5. The van der Waals surface area contributed by atoms with Gasteiger partial charge in [-0.1, -0.05) is 108 Å². The standard InChI is InChI=1S/C18H10BrNO3.C12H6Br2O.C6H6BNO4/c19-13-7-4-10-16-18(13)17-12(6-3-9-15(17)23-16)11-5-1-2-8-14(11)20(21)22;13-7-3-1-5-9-11(7)12-8(14)4-2-6-10(12)15-9;9-7(10)5-3-1-2-4-6(5)8(11)12/h1-10H;1-6H;1-4,9-10H. The number of nitrogens with zero attached hydrogens (tertiary/aromatic N) is 2. The molecule has 0 atom stereocenters. The van der Waals surface area contributed by atoms with Crippen LogP contribution in [0.1, 0.15) is 0 Å². The molecule has 2 aromatic heterocycles. The fraction of sp³-hybridized carbons (Fsp3) is 0. The van der Waals surface area contributed by atoms with E-state index in [1.807, 2.05) is 72.8 Å². The van der Waals surface area contributed by atoms with Gasteiger partial charge in [0, 0.05) is 52.7 Å². The largest absolute Gasteiger partial charge is 0.495 e. The SMILES string of the molecule is Brc1cccc2oc3cccc(Br)c3c12.O=[N+]([O-])c1ccccc1-c1cccc2oc3cccc(Br)c3c12.O=[N+]([O-])c1ccccc1B(O)O. The topological polar surface area (TPSA) is 153 Å². The van der Waals surface area contributed by atoms with Gasteiger partial charge in [0.1, 0.15) is 22.3 Å². The van der Waals surface area contributed by atoms with Crippen LogP contribution in [0.15, 0.2) is 144 Å². The van der Waals surface area contributed by atoms with Gasteiger partial charge in [-0.05, 0) is 48.5 Å². The minimum Gasteiger partial charge on any atom is -0.456 e. The maximum atomic E-state index is 11.4. The lowest BCUT2D eigenvalue weighted by atomic mass is 9.79. The third-order valence-electron chi connectivity index (χ3n) is 7.69. The molecule has 2 heterocycles. The third kappa shape index (κ3) is 6.93. The molecule has 0 aliphatic heterocycles. The van der Waals surface area contributed by atoms with Gasteiger partial charge in [0.15, 0.2) is 0 Å². The van der Waals surface area contributed by atoms with E-state index in [4.69, 9.17) is 18.9 Å². The minimum absolute atomic E-state index is 0.0846. The summed E-state index contributed by atoms with van der Waals surface area (Å²) in [6.07, 6.45) is 0. The van der Waals surface area contributed by atoms with E-state index in [1.165, 1.54) is 30.3 Å². The number of nitro benzene ring substituents is 2.